The molecule has 0 saturated heterocycles. The van der Waals surface area contributed by atoms with E-state index in [0.29, 0.717) is 11.3 Å². The van der Waals surface area contributed by atoms with Gasteiger partial charge in [-0.05, 0) is 42.8 Å². The van der Waals surface area contributed by atoms with Crippen molar-refractivity contribution in [2.24, 2.45) is 0 Å². The van der Waals surface area contributed by atoms with Crippen molar-refractivity contribution in [3.05, 3.63) is 62.6 Å². The molecule has 1 amide bonds. The first kappa shape index (κ1) is 15.5. The summed E-state index contributed by atoms with van der Waals surface area (Å²) in [6.45, 7) is 1.83. The fourth-order valence-corrected chi connectivity index (χ4v) is 2.37. The number of benzene rings is 2. The van der Waals surface area contributed by atoms with Crippen LogP contribution in [-0.4, -0.2) is 17.0 Å². The van der Waals surface area contributed by atoms with E-state index in [4.69, 9.17) is 16.7 Å². The third-order valence-electron chi connectivity index (χ3n) is 2.91. The molecule has 0 heterocycles. The summed E-state index contributed by atoms with van der Waals surface area (Å²) >= 11 is 9.31. The van der Waals surface area contributed by atoms with Gasteiger partial charge in [0.05, 0.1) is 16.3 Å². The Hall–Kier alpha value is -1.85. The standard InChI is InChI=1S/C15H11BrClNO3/c1-8-2-4-10(16)7-11(8)14(19)18-13-5-3-9(15(20)21)6-12(13)17/h2-7H,1H3,(H,18,19)(H,20,21). The molecule has 2 rings (SSSR count). The molecule has 6 heteroatoms. The number of amides is 1. The third kappa shape index (κ3) is 3.62. The van der Waals surface area contributed by atoms with Crippen molar-refractivity contribution in [3.63, 3.8) is 0 Å². The van der Waals surface area contributed by atoms with Crippen molar-refractivity contribution >= 4 is 45.1 Å². The number of carboxylic acids is 1. The van der Waals surface area contributed by atoms with Crippen LogP contribution in [0.25, 0.3) is 0 Å². The van der Waals surface area contributed by atoms with Crippen molar-refractivity contribution in [1.82, 2.24) is 0 Å². The molecule has 0 aromatic heterocycles. The van der Waals surface area contributed by atoms with Gasteiger partial charge in [0, 0.05) is 10.0 Å². The van der Waals surface area contributed by atoms with Crippen LogP contribution >= 0.6 is 27.5 Å². The van der Waals surface area contributed by atoms with Gasteiger partial charge in [-0.1, -0.05) is 33.6 Å². The van der Waals surface area contributed by atoms with E-state index in [-0.39, 0.29) is 16.5 Å². The van der Waals surface area contributed by atoms with Gasteiger partial charge >= 0.3 is 5.97 Å². The largest absolute Gasteiger partial charge is 0.478 e. The molecule has 0 aliphatic carbocycles. The van der Waals surface area contributed by atoms with E-state index in [1.54, 1.807) is 6.07 Å². The minimum absolute atomic E-state index is 0.0663. The number of hydrogen-bond donors (Lipinski definition) is 2. The number of aryl methyl sites for hydroxylation is 1. The number of anilines is 1. The van der Waals surface area contributed by atoms with Gasteiger partial charge in [-0.2, -0.15) is 0 Å². The first-order chi connectivity index (χ1) is 9.88. The normalized spacial score (nSPS) is 10.2. The zero-order chi connectivity index (χ0) is 15.6. The molecule has 2 aromatic carbocycles. The lowest BCUT2D eigenvalue weighted by Gasteiger charge is -2.10. The van der Waals surface area contributed by atoms with E-state index in [0.717, 1.165) is 10.0 Å². The van der Waals surface area contributed by atoms with Crippen LogP contribution in [-0.2, 0) is 0 Å². The van der Waals surface area contributed by atoms with E-state index < -0.39 is 5.97 Å². The molecular weight excluding hydrogens is 358 g/mol. The van der Waals surface area contributed by atoms with Gasteiger partial charge in [-0.15, -0.1) is 0 Å². The summed E-state index contributed by atoms with van der Waals surface area (Å²) in [5.74, 6) is -1.38. The van der Waals surface area contributed by atoms with Crippen LogP contribution in [0.4, 0.5) is 5.69 Å². The quantitative estimate of drug-likeness (QED) is 0.846. The Morgan fingerprint density at radius 3 is 2.52 bits per heavy atom. The molecule has 0 aliphatic heterocycles. The highest BCUT2D eigenvalue weighted by atomic mass is 79.9. The lowest BCUT2D eigenvalue weighted by molar-refractivity contribution is 0.0696. The minimum Gasteiger partial charge on any atom is -0.478 e. The number of carbonyl (C=O) groups is 2. The number of carbonyl (C=O) groups excluding carboxylic acids is 1. The molecule has 0 radical (unpaired) electrons. The molecule has 108 valence electrons. The second-order valence-electron chi connectivity index (χ2n) is 4.41. The van der Waals surface area contributed by atoms with E-state index in [1.165, 1.54) is 18.2 Å². The third-order valence-corrected chi connectivity index (χ3v) is 3.71. The van der Waals surface area contributed by atoms with Crippen LogP contribution in [0.15, 0.2) is 40.9 Å². The highest BCUT2D eigenvalue weighted by Crippen LogP contribution is 2.25. The molecule has 21 heavy (non-hydrogen) atoms. The molecule has 2 N–H and O–H groups in total. The van der Waals surface area contributed by atoms with Crippen molar-refractivity contribution in [1.29, 1.82) is 0 Å². The minimum atomic E-state index is -1.07. The molecule has 0 spiro atoms. The smallest absolute Gasteiger partial charge is 0.335 e. The van der Waals surface area contributed by atoms with Gasteiger partial charge in [-0.25, -0.2) is 4.79 Å². The highest BCUT2D eigenvalue weighted by molar-refractivity contribution is 9.10. The van der Waals surface area contributed by atoms with Gasteiger partial charge in [0.1, 0.15) is 0 Å². The van der Waals surface area contributed by atoms with Crippen molar-refractivity contribution < 1.29 is 14.7 Å². The van der Waals surface area contributed by atoms with Gasteiger partial charge in [0.25, 0.3) is 5.91 Å². The molecule has 2 aromatic rings. The Morgan fingerprint density at radius 2 is 1.90 bits per heavy atom. The van der Waals surface area contributed by atoms with Crippen molar-refractivity contribution in [3.8, 4) is 0 Å². The SMILES string of the molecule is Cc1ccc(Br)cc1C(=O)Nc1ccc(C(=O)O)cc1Cl. The summed E-state index contributed by atoms with van der Waals surface area (Å²) in [6, 6.07) is 9.54. The molecule has 4 nitrogen and oxygen atoms in total. The lowest BCUT2D eigenvalue weighted by atomic mass is 10.1. The predicted octanol–water partition coefficient (Wildman–Crippen LogP) is 4.36. The summed E-state index contributed by atoms with van der Waals surface area (Å²) in [5.41, 5.74) is 1.78. The van der Waals surface area contributed by atoms with Crippen LogP contribution in [0.5, 0.6) is 0 Å². The number of nitrogens with one attached hydrogen (secondary N) is 1. The number of hydrogen-bond acceptors (Lipinski definition) is 2. The van der Waals surface area contributed by atoms with Crippen LogP contribution in [0.2, 0.25) is 5.02 Å². The topological polar surface area (TPSA) is 66.4 Å². The van der Waals surface area contributed by atoms with E-state index in [2.05, 4.69) is 21.2 Å². The number of aromatic carboxylic acids is 1. The average molecular weight is 369 g/mol. The summed E-state index contributed by atoms with van der Waals surface area (Å²) in [4.78, 5) is 23.1. The monoisotopic (exact) mass is 367 g/mol. The maximum atomic E-state index is 12.3. The van der Waals surface area contributed by atoms with Gasteiger partial charge < -0.3 is 10.4 Å². The highest BCUT2D eigenvalue weighted by Gasteiger charge is 2.13. The van der Waals surface area contributed by atoms with E-state index in [9.17, 15) is 9.59 Å². The maximum Gasteiger partial charge on any atom is 0.335 e. The zero-order valence-electron chi connectivity index (χ0n) is 11.0. The Kier molecular flexibility index (Phi) is 4.65. The summed E-state index contributed by atoms with van der Waals surface area (Å²) in [7, 11) is 0. The molecule has 0 fully saturated rings. The van der Waals surface area contributed by atoms with Crippen LogP contribution < -0.4 is 5.32 Å². The average Bonchev–Trinajstić information content (AvgIpc) is 2.43. The van der Waals surface area contributed by atoms with Crippen molar-refractivity contribution in [2.45, 2.75) is 6.92 Å². The Bertz CT molecular complexity index is 731. The molecule has 0 bridgehead atoms. The summed E-state index contributed by atoms with van der Waals surface area (Å²) < 4.78 is 0.797. The van der Waals surface area contributed by atoms with Crippen molar-refractivity contribution in [2.75, 3.05) is 5.32 Å². The first-order valence-corrected chi connectivity index (χ1v) is 7.16. The lowest BCUT2D eigenvalue weighted by Crippen LogP contribution is -2.14. The first-order valence-electron chi connectivity index (χ1n) is 5.99. The van der Waals surface area contributed by atoms with Crippen LogP contribution in [0.3, 0.4) is 0 Å². The van der Waals surface area contributed by atoms with Crippen LogP contribution in [0, 0.1) is 6.92 Å². The van der Waals surface area contributed by atoms with E-state index in [1.807, 2.05) is 19.1 Å². The van der Waals surface area contributed by atoms with Gasteiger partial charge in [0.15, 0.2) is 0 Å². The molecule has 0 atom stereocenters. The van der Waals surface area contributed by atoms with E-state index >= 15 is 0 Å². The molecule has 0 saturated carbocycles. The fraction of sp³-hybridized carbons (Fsp3) is 0.0667. The Labute approximate surface area is 134 Å². The molecule has 0 unspecified atom stereocenters. The van der Waals surface area contributed by atoms with Gasteiger partial charge in [0.2, 0.25) is 0 Å². The summed E-state index contributed by atoms with van der Waals surface area (Å²) in [5, 5.41) is 11.7. The second kappa shape index (κ2) is 6.28. The molecular formula is C15H11BrClNO3. The predicted molar refractivity (Wildman–Crippen MR) is 85.2 cm³/mol. The molecule has 0 aliphatic rings. The number of carboxylic acid groups (broad SMARTS) is 1. The fourth-order valence-electron chi connectivity index (χ4n) is 1.78. The number of rotatable bonds is 3. The summed E-state index contributed by atoms with van der Waals surface area (Å²) in [6.07, 6.45) is 0. The number of halogens is 2. The second-order valence-corrected chi connectivity index (χ2v) is 5.74. The van der Waals surface area contributed by atoms with Crippen LogP contribution in [0.1, 0.15) is 26.3 Å². The maximum absolute atomic E-state index is 12.3. The Morgan fingerprint density at radius 1 is 1.19 bits per heavy atom. The Balaban J connectivity index is 2.27. The zero-order valence-corrected chi connectivity index (χ0v) is 13.3. The van der Waals surface area contributed by atoms with Gasteiger partial charge in [-0.3, -0.25) is 4.79 Å².